The van der Waals surface area contributed by atoms with Crippen molar-refractivity contribution in [2.24, 2.45) is 5.92 Å². The Bertz CT molecular complexity index is 349. The van der Waals surface area contributed by atoms with E-state index in [1.54, 1.807) is 11.1 Å². The van der Waals surface area contributed by atoms with Gasteiger partial charge in [-0.15, -0.1) is 0 Å². The van der Waals surface area contributed by atoms with Gasteiger partial charge in [-0.05, 0) is 42.2 Å². The predicted molar refractivity (Wildman–Crippen MR) is 61.7 cm³/mol. The maximum atomic E-state index is 2.42. The van der Waals surface area contributed by atoms with Crippen LogP contribution in [0.15, 0.2) is 18.2 Å². The van der Waals surface area contributed by atoms with Gasteiger partial charge in [-0.2, -0.15) is 0 Å². The highest BCUT2D eigenvalue weighted by Gasteiger charge is 2.36. The van der Waals surface area contributed by atoms with E-state index in [2.05, 4.69) is 45.9 Å². The van der Waals surface area contributed by atoms with E-state index in [0.717, 1.165) is 5.92 Å². The van der Waals surface area contributed by atoms with Crippen LogP contribution < -0.4 is 0 Å². The maximum Gasteiger partial charge on any atom is -0.00463 e. The fraction of sp³-hybridized carbons (Fsp3) is 0.571. The van der Waals surface area contributed by atoms with Crippen LogP contribution >= 0.6 is 0 Å². The first-order chi connectivity index (χ1) is 6.54. The molecule has 0 heteroatoms. The van der Waals surface area contributed by atoms with Crippen molar-refractivity contribution in [1.29, 1.82) is 0 Å². The first-order valence-electron chi connectivity index (χ1n) is 5.64. The predicted octanol–water partition coefficient (Wildman–Crippen LogP) is 3.85. The van der Waals surface area contributed by atoms with Crippen molar-refractivity contribution >= 4 is 0 Å². The summed E-state index contributed by atoms with van der Waals surface area (Å²) in [4.78, 5) is 0. The highest BCUT2D eigenvalue weighted by Crippen LogP contribution is 2.44. The Morgan fingerprint density at radius 3 is 2.64 bits per heavy atom. The molecule has 0 saturated heterocycles. The van der Waals surface area contributed by atoms with E-state index < -0.39 is 0 Å². The molecule has 0 fully saturated rings. The number of rotatable bonds is 1. The molecule has 0 bridgehead atoms. The molecule has 1 unspecified atom stereocenters. The van der Waals surface area contributed by atoms with Crippen molar-refractivity contribution in [3.8, 4) is 0 Å². The van der Waals surface area contributed by atoms with Crippen LogP contribution in [0.25, 0.3) is 0 Å². The first kappa shape index (κ1) is 9.76. The Hall–Kier alpha value is -0.780. The maximum absolute atomic E-state index is 2.42. The van der Waals surface area contributed by atoms with Crippen LogP contribution in [0, 0.1) is 12.8 Å². The minimum absolute atomic E-state index is 0.418. The summed E-state index contributed by atoms with van der Waals surface area (Å²) in [5, 5.41) is 0. The molecule has 0 aliphatic heterocycles. The fourth-order valence-corrected chi connectivity index (χ4v) is 2.57. The molecule has 1 aliphatic carbocycles. The molecule has 0 heterocycles. The number of benzene rings is 1. The molecular formula is C14H20. The van der Waals surface area contributed by atoms with Crippen LogP contribution in [0.1, 0.15) is 43.9 Å². The first-order valence-corrected chi connectivity index (χ1v) is 5.64. The van der Waals surface area contributed by atoms with Crippen molar-refractivity contribution in [2.75, 3.05) is 0 Å². The molecule has 0 aromatic heterocycles. The van der Waals surface area contributed by atoms with Crippen LogP contribution in [-0.4, -0.2) is 0 Å². The average Bonchev–Trinajstić information content (AvgIpc) is 2.46. The Morgan fingerprint density at radius 2 is 2.00 bits per heavy atom. The van der Waals surface area contributed by atoms with Crippen LogP contribution in [0.2, 0.25) is 0 Å². The second-order valence-corrected chi connectivity index (χ2v) is 5.23. The van der Waals surface area contributed by atoms with Crippen molar-refractivity contribution in [2.45, 2.75) is 46.0 Å². The summed E-state index contributed by atoms with van der Waals surface area (Å²) in [6.45, 7) is 9.30. The van der Waals surface area contributed by atoms with Gasteiger partial charge in [-0.1, -0.05) is 44.5 Å². The molecule has 0 spiro atoms. The van der Waals surface area contributed by atoms with E-state index in [9.17, 15) is 0 Å². The van der Waals surface area contributed by atoms with E-state index in [1.807, 2.05) is 0 Å². The fourth-order valence-electron chi connectivity index (χ4n) is 2.57. The lowest BCUT2D eigenvalue weighted by atomic mass is 9.74. The third-order valence-corrected chi connectivity index (χ3v) is 4.07. The third kappa shape index (κ3) is 1.28. The number of aryl methyl sites for hydroxylation is 2. The zero-order valence-corrected chi connectivity index (χ0v) is 9.72. The van der Waals surface area contributed by atoms with E-state index >= 15 is 0 Å². The van der Waals surface area contributed by atoms with Crippen LogP contribution in [0.4, 0.5) is 0 Å². The topological polar surface area (TPSA) is 0 Å². The Balaban J connectivity index is 2.52. The molecule has 76 valence electrons. The van der Waals surface area contributed by atoms with Crippen molar-refractivity contribution in [3.63, 3.8) is 0 Å². The molecule has 1 atom stereocenters. The Kier molecular flexibility index (Phi) is 2.17. The lowest BCUT2D eigenvalue weighted by Gasteiger charge is -2.30. The summed E-state index contributed by atoms with van der Waals surface area (Å²) in [7, 11) is 0. The van der Waals surface area contributed by atoms with Crippen molar-refractivity contribution < 1.29 is 0 Å². The van der Waals surface area contributed by atoms with Crippen molar-refractivity contribution in [3.05, 3.63) is 34.9 Å². The highest BCUT2D eigenvalue weighted by atomic mass is 14.4. The normalized spacial score (nSPS) is 25.5. The molecule has 1 aliphatic rings. The van der Waals surface area contributed by atoms with E-state index in [4.69, 9.17) is 0 Å². The summed E-state index contributed by atoms with van der Waals surface area (Å²) < 4.78 is 0. The molecule has 0 saturated carbocycles. The monoisotopic (exact) mass is 188 g/mol. The molecule has 0 amide bonds. The van der Waals surface area contributed by atoms with Crippen LogP contribution in [-0.2, 0) is 11.8 Å². The SMILES string of the molecule is Cc1ccc2c(c1)C(C)(C(C)C)CC2. The second-order valence-electron chi connectivity index (χ2n) is 5.23. The van der Waals surface area contributed by atoms with E-state index in [-0.39, 0.29) is 0 Å². The molecule has 0 radical (unpaired) electrons. The Labute approximate surface area is 87.3 Å². The molecular weight excluding hydrogens is 168 g/mol. The van der Waals surface area contributed by atoms with Gasteiger partial charge < -0.3 is 0 Å². The summed E-state index contributed by atoms with van der Waals surface area (Å²) in [5.41, 5.74) is 5.00. The smallest absolute Gasteiger partial charge is 0.00463 e. The summed E-state index contributed by atoms with van der Waals surface area (Å²) in [5.74, 6) is 0.741. The van der Waals surface area contributed by atoms with Gasteiger partial charge >= 0.3 is 0 Å². The van der Waals surface area contributed by atoms with Crippen LogP contribution in [0.3, 0.4) is 0 Å². The molecule has 2 rings (SSSR count). The van der Waals surface area contributed by atoms with E-state index in [0.29, 0.717) is 5.41 Å². The van der Waals surface area contributed by atoms with Gasteiger partial charge in [-0.25, -0.2) is 0 Å². The summed E-state index contributed by atoms with van der Waals surface area (Å²) in [6.07, 6.45) is 2.59. The average molecular weight is 188 g/mol. The van der Waals surface area contributed by atoms with Crippen LogP contribution in [0.5, 0.6) is 0 Å². The lowest BCUT2D eigenvalue weighted by Crippen LogP contribution is -2.25. The molecule has 14 heavy (non-hydrogen) atoms. The minimum atomic E-state index is 0.418. The van der Waals surface area contributed by atoms with Gasteiger partial charge in [0, 0.05) is 0 Å². The molecule has 0 nitrogen and oxygen atoms in total. The molecule has 1 aromatic rings. The van der Waals surface area contributed by atoms with Gasteiger partial charge in [0.15, 0.2) is 0 Å². The van der Waals surface area contributed by atoms with Gasteiger partial charge in [0.1, 0.15) is 0 Å². The zero-order valence-electron chi connectivity index (χ0n) is 9.72. The Morgan fingerprint density at radius 1 is 1.29 bits per heavy atom. The second kappa shape index (κ2) is 3.12. The van der Waals surface area contributed by atoms with Gasteiger partial charge in [0.25, 0.3) is 0 Å². The summed E-state index contributed by atoms with van der Waals surface area (Å²) >= 11 is 0. The number of hydrogen-bond donors (Lipinski definition) is 0. The molecule has 1 aromatic carbocycles. The van der Waals surface area contributed by atoms with Gasteiger partial charge in [0.05, 0.1) is 0 Å². The van der Waals surface area contributed by atoms with Gasteiger partial charge in [-0.3, -0.25) is 0 Å². The lowest BCUT2D eigenvalue weighted by molar-refractivity contribution is 0.337. The third-order valence-electron chi connectivity index (χ3n) is 4.07. The largest absolute Gasteiger partial charge is 0.0619 e. The number of fused-ring (bicyclic) bond motifs is 1. The van der Waals surface area contributed by atoms with Crippen molar-refractivity contribution in [1.82, 2.24) is 0 Å². The summed E-state index contributed by atoms with van der Waals surface area (Å²) in [6, 6.07) is 6.95. The van der Waals surface area contributed by atoms with Gasteiger partial charge in [0.2, 0.25) is 0 Å². The standard InChI is InChI=1S/C14H20/c1-10(2)14(4)8-7-12-6-5-11(3)9-13(12)14/h5-6,9-10H,7-8H2,1-4H3. The molecule has 0 N–H and O–H groups in total. The quantitative estimate of drug-likeness (QED) is 0.628. The number of hydrogen-bond acceptors (Lipinski definition) is 0. The zero-order chi connectivity index (χ0) is 10.3. The highest BCUT2D eigenvalue weighted by molar-refractivity contribution is 5.41. The van der Waals surface area contributed by atoms with E-state index in [1.165, 1.54) is 18.4 Å². The minimum Gasteiger partial charge on any atom is -0.0619 e.